The number of benzene rings is 1. The molecule has 4 nitrogen and oxygen atoms in total. The molecule has 2 N–H and O–H groups in total. The summed E-state index contributed by atoms with van der Waals surface area (Å²) in [7, 11) is 4.80. The van der Waals surface area contributed by atoms with Gasteiger partial charge in [-0.05, 0) is 31.0 Å². The van der Waals surface area contributed by atoms with Crippen LogP contribution in [0.25, 0.3) is 0 Å². The van der Waals surface area contributed by atoms with Crippen LogP contribution in [-0.2, 0) is 6.42 Å². The molecule has 0 saturated heterocycles. The van der Waals surface area contributed by atoms with E-state index >= 15 is 0 Å². The second kappa shape index (κ2) is 5.61. The third-order valence-corrected chi connectivity index (χ3v) is 2.28. The highest BCUT2D eigenvalue weighted by molar-refractivity contribution is 5.53. The molecule has 0 spiro atoms. The number of rotatable bonds is 5. The molecule has 0 heterocycles. The van der Waals surface area contributed by atoms with E-state index in [0.29, 0.717) is 17.2 Å². The fourth-order valence-electron chi connectivity index (χ4n) is 1.63. The molecule has 1 rings (SSSR count). The highest BCUT2D eigenvalue weighted by Gasteiger charge is 2.13. The van der Waals surface area contributed by atoms with Crippen LogP contribution in [0.5, 0.6) is 17.2 Å². The van der Waals surface area contributed by atoms with Crippen molar-refractivity contribution in [2.75, 3.05) is 21.3 Å². The molecule has 0 unspecified atom stereocenters. The molecule has 90 valence electrons. The van der Waals surface area contributed by atoms with Crippen LogP contribution in [0.4, 0.5) is 0 Å². The molecular formula is C12H19NO3. The van der Waals surface area contributed by atoms with Gasteiger partial charge in [0.05, 0.1) is 21.3 Å². The van der Waals surface area contributed by atoms with Crippen molar-refractivity contribution >= 4 is 0 Å². The molecule has 0 aliphatic rings. The fourth-order valence-corrected chi connectivity index (χ4v) is 1.63. The number of ether oxygens (including phenoxy) is 3. The maximum absolute atomic E-state index is 5.77. The zero-order valence-corrected chi connectivity index (χ0v) is 10.2. The van der Waals surface area contributed by atoms with E-state index in [-0.39, 0.29) is 6.04 Å². The molecule has 0 saturated carbocycles. The van der Waals surface area contributed by atoms with E-state index in [1.54, 1.807) is 21.3 Å². The molecule has 16 heavy (non-hydrogen) atoms. The Morgan fingerprint density at radius 3 is 1.88 bits per heavy atom. The van der Waals surface area contributed by atoms with Gasteiger partial charge in [0, 0.05) is 6.04 Å². The summed E-state index contributed by atoms with van der Waals surface area (Å²) in [5.74, 6) is 1.94. The van der Waals surface area contributed by atoms with Gasteiger partial charge in [0.1, 0.15) is 0 Å². The Hall–Kier alpha value is -1.42. The third kappa shape index (κ3) is 2.79. The summed E-state index contributed by atoms with van der Waals surface area (Å²) in [6.07, 6.45) is 0.775. The zero-order chi connectivity index (χ0) is 12.1. The Kier molecular flexibility index (Phi) is 4.43. The molecule has 0 radical (unpaired) electrons. The molecule has 0 amide bonds. The Morgan fingerprint density at radius 1 is 1.06 bits per heavy atom. The van der Waals surface area contributed by atoms with Gasteiger partial charge >= 0.3 is 0 Å². The van der Waals surface area contributed by atoms with E-state index in [1.807, 2.05) is 19.1 Å². The number of nitrogens with two attached hydrogens (primary N) is 1. The lowest BCUT2D eigenvalue weighted by Gasteiger charge is -2.14. The van der Waals surface area contributed by atoms with Crippen molar-refractivity contribution in [2.24, 2.45) is 5.73 Å². The predicted octanol–water partition coefficient (Wildman–Crippen LogP) is 1.60. The first-order valence-electron chi connectivity index (χ1n) is 5.16. The van der Waals surface area contributed by atoms with Crippen LogP contribution in [0.3, 0.4) is 0 Å². The van der Waals surface area contributed by atoms with Crippen LogP contribution in [-0.4, -0.2) is 27.4 Å². The minimum Gasteiger partial charge on any atom is -0.493 e. The standard InChI is InChI=1S/C12H19NO3/c1-8(13)5-9-6-10(14-2)12(16-4)11(7-9)15-3/h6-8H,5,13H2,1-4H3/t8-/m1/s1. The van der Waals surface area contributed by atoms with E-state index in [2.05, 4.69) is 0 Å². The molecule has 1 aromatic carbocycles. The van der Waals surface area contributed by atoms with Crippen LogP contribution in [0.2, 0.25) is 0 Å². The first-order chi connectivity index (χ1) is 7.62. The first kappa shape index (κ1) is 12.6. The van der Waals surface area contributed by atoms with Gasteiger partial charge in [0.2, 0.25) is 5.75 Å². The van der Waals surface area contributed by atoms with E-state index in [0.717, 1.165) is 12.0 Å². The topological polar surface area (TPSA) is 53.7 Å². The van der Waals surface area contributed by atoms with Crippen LogP contribution >= 0.6 is 0 Å². The summed E-state index contributed by atoms with van der Waals surface area (Å²) in [6, 6.07) is 3.94. The maximum Gasteiger partial charge on any atom is 0.203 e. The van der Waals surface area contributed by atoms with Gasteiger partial charge in [0.25, 0.3) is 0 Å². The summed E-state index contributed by atoms with van der Waals surface area (Å²) in [5, 5.41) is 0. The first-order valence-corrected chi connectivity index (χ1v) is 5.16. The van der Waals surface area contributed by atoms with E-state index in [1.165, 1.54) is 0 Å². The minimum atomic E-state index is 0.0998. The third-order valence-electron chi connectivity index (χ3n) is 2.28. The molecule has 0 fully saturated rings. The van der Waals surface area contributed by atoms with Crippen molar-refractivity contribution in [3.8, 4) is 17.2 Å². The second-order valence-corrected chi connectivity index (χ2v) is 3.71. The van der Waals surface area contributed by atoms with Crippen LogP contribution < -0.4 is 19.9 Å². The van der Waals surface area contributed by atoms with Gasteiger partial charge in [-0.25, -0.2) is 0 Å². The van der Waals surface area contributed by atoms with Gasteiger partial charge in [-0.15, -0.1) is 0 Å². The predicted molar refractivity (Wildman–Crippen MR) is 63.5 cm³/mol. The summed E-state index contributed by atoms with van der Waals surface area (Å²) >= 11 is 0. The van der Waals surface area contributed by atoms with Crippen LogP contribution in [0, 0.1) is 0 Å². The van der Waals surface area contributed by atoms with Gasteiger partial charge < -0.3 is 19.9 Å². The molecule has 1 aromatic rings. The van der Waals surface area contributed by atoms with Crippen molar-refractivity contribution in [3.63, 3.8) is 0 Å². The van der Waals surface area contributed by atoms with Gasteiger partial charge in [-0.1, -0.05) is 0 Å². The highest BCUT2D eigenvalue weighted by atomic mass is 16.5. The van der Waals surface area contributed by atoms with E-state index < -0.39 is 0 Å². The Labute approximate surface area is 96.3 Å². The molecule has 1 atom stereocenters. The molecule has 0 aliphatic heterocycles. The Morgan fingerprint density at radius 2 is 1.56 bits per heavy atom. The number of hydrogen-bond acceptors (Lipinski definition) is 4. The normalized spacial score (nSPS) is 12.1. The largest absolute Gasteiger partial charge is 0.493 e. The monoisotopic (exact) mass is 225 g/mol. The van der Waals surface area contributed by atoms with E-state index in [4.69, 9.17) is 19.9 Å². The van der Waals surface area contributed by atoms with Crippen molar-refractivity contribution in [2.45, 2.75) is 19.4 Å². The van der Waals surface area contributed by atoms with Crippen molar-refractivity contribution in [3.05, 3.63) is 17.7 Å². The highest BCUT2D eigenvalue weighted by Crippen LogP contribution is 2.38. The van der Waals surface area contributed by atoms with Gasteiger partial charge in [-0.3, -0.25) is 0 Å². The number of methoxy groups -OCH3 is 3. The summed E-state index contributed by atoms with van der Waals surface area (Å²) in [6.45, 7) is 1.96. The average molecular weight is 225 g/mol. The fraction of sp³-hybridized carbons (Fsp3) is 0.500. The Bertz CT molecular complexity index is 325. The SMILES string of the molecule is COc1cc(C[C@@H](C)N)cc(OC)c1OC. The molecule has 0 bridgehead atoms. The molecule has 0 aromatic heterocycles. The maximum atomic E-state index is 5.77. The lowest BCUT2D eigenvalue weighted by Crippen LogP contribution is -2.17. The molecular weight excluding hydrogens is 206 g/mol. The van der Waals surface area contributed by atoms with Crippen molar-refractivity contribution < 1.29 is 14.2 Å². The van der Waals surface area contributed by atoms with Crippen molar-refractivity contribution in [1.82, 2.24) is 0 Å². The zero-order valence-electron chi connectivity index (χ0n) is 10.2. The van der Waals surface area contributed by atoms with Gasteiger partial charge in [0.15, 0.2) is 11.5 Å². The smallest absolute Gasteiger partial charge is 0.203 e. The quantitative estimate of drug-likeness (QED) is 0.827. The van der Waals surface area contributed by atoms with Crippen LogP contribution in [0.1, 0.15) is 12.5 Å². The van der Waals surface area contributed by atoms with E-state index in [9.17, 15) is 0 Å². The number of hydrogen-bond donors (Lipinski definition) is 1. The summed E-state index contributed by atoms with van der Waals surface area (Å²) in [5.41, 5.74) is 6.84. The minimum absolute atomic E-state index is 0.0998. The lowest BCUT2D eigenvalue weighted by molar-refractivity contribution is 0.323. The van der Waals surface area contributed by atoms with Crippen molar-refractivity contribution in [1.29, 1.82) is 0 Å². The van der Waals surface area contributed by atoms with Crippen LogP contribution in [0.15, 0.2) is 12.1 Å². The Balaban J connectivity index is 3.15. The summed E-state index contributed by atoms with van der Waals surface area (Å²) < 4.78 is 15.7. The van der Waals surface area contributed by atoms with Gasteiger partial charge in [-0.2, -0.15) is 0 Å². The lowest BCUT2D eigenvalue weighted by atomic mass is 10.1. The second-order valence-electron chi connectivity index (χ2n) is 3.71. The molecule has 4 heteroatoms. The average Bonchev–Trinajstić information content (AvgIpc) is 2.26. The molecule has 0 aliphatic carbocycles. The summed E-state index contributed by atoms with van der Waals surface area (Å²) in [4.78, 5) is 0.